The van der Waals surface area contributed by atoms with Crippen LogP contribution >= 0.6 is 0 Å². The van der Waals surface area contributed by atoms with Crippen molar-refractivity contribution in [3.63, 3.8) is 0 Å². The van der Waals surface area contributed by atoms with Crippen molar-refractivity contribution in [2.75, 3.05) is 0 Å². The third kappa shape index (κ3) is 3.67. The van der Waals surface area contributed by atoms with Gasteiger partial charge in [0, 0.05) is 11.8 Å². The normalized spacial score (nSPS) is 12.0. The Morgan fingerprint density at radius 3 is 1.55 bits per heavy atom. The summed E-state index contributed by atoms with van der Waals surface area (Å²) < 4.78 is 39.7. The molecule has 0 fully saturated rings. The smallest absolute Gasteiger partial charge is 0.329 e. The minimum atomic E-state index is -4.42. The van der Waals surface area contributed by atoms with Crippen LogP contribution in [-0.4, -0.2) is 4.98 Å². The first-order valence-corrected chi connectivity index (χ1v) is 9.82. The molecule has 0 radical (unpaired) electrons. The molecule has 0 aliphatic rings. The molecular formula is C26H20F3NO. The fourth-order valence-electron chi connectivity index (χ4n) is 4.10. The van der Waals surface area contributed by atoms with Crippen LogP contribution in [0.15, 0.2) is 102 Å². The Balaban J connectivity index is 2.10. The van der Waals surface area contributed by atoms with E-state index in [-0.39, 0.29) is 5.56 Å². The molecule has 1 aromatic heterocycles. The topological polar surface area (TPSA) is 32.9 Å². The number of aryl methyl sites for hydroxylation is 1. The number of H-pyrrole nitrogens is 1. The number of aromatic amines is 1. The van der Waals surface area contributed by atoms with E-state index >= 15 is 0 Å². The van der Waals surface area contributed by atoms with E-state index in [9.17, 15) is 18.0 Å². The molecule has 0 amide bonds. The van der Waals surface area contributed by atoms with Crippen LogP contribution in [0.5, 0.6) is 0 Å². The summed E-state index contributed by atoms with van der Waals surface area (Å²) in [6, 6.07) is 26.2. The molecule has 0 aliphatic carbocycles. The van der Waals surface area contributed by atoms with Crippen LogP contribution in [0.3, 0.4) is 0 Å². The highest BCUT2D eigenvalue weighted by atomic mass is 19.4. The van der Waals surface area contributed by atoms with Crippen molar-refractivity contribution in [1.82, 2.24) is 4.98 Å². The lowest BCUT2D eigenvalue weighted by Gasteiger charge is -2.36. The molecule has 4 rings (SSSR count). The van der Waals surface area contributed by atoms with Crippen LogP contribution in [0, 0.1) is 6.92 Å². The standard InChI is InChI=1S/C26H20F3NO/c1-18-16-23(17-30-24(18)31)25(19-8-4-2-5-9-19,20-10-6-3-7-11-20)21-12-14-22(15-13-21)26(27,28)29/h2-17H,1H3,(H,30,31). The molecule has 0 spiro atoms. The Kier molecular flexibility index (Phi) is 5.27. The van der Waals surface area contributed by atoms with Gasteiger partial charge in [0.25, 0.3) is 5.56 Å². The lowest BCUT2D eigenvalue weighted by molar-refractivity contribution is -0.137. The summed E-state index contributed by atoms with van der Waals surface area (Å²) >= 11 is 0. The molecule has 0 saturated heterocycles. The fourth-order valence-corrected chi connectivity index (χ4v) is 4.10. The molecule has 0 saturated carbocycles. The van der Waals surface area contributed by atoms with Gasteiger partial charge in [0.15, 0.2) is 0 Å². The minimum Gasteiger partial charge on any atom is -0.329 e. The first-order valence-electron chi connectivity index (χ1n) is 9.82. The van der Waals surface area contributed by atoms with Crippen molar-refractivity contribution in [3.8, 4) is 0 Å². The van der Waals surface area contributed by atoms with Crippen LogP contribution < -0.4 is 5.56 Å². The highest BCUT2D eigenvalue weighted by Gasteiger charge is 2.39. The van der Waals surface area contributed by atoms with Gasteiger partial charge in [0.1, 0.15) is 0 Å². The number of alkyl halides is 3. The van der Waals surface area contributed by atoms with Crippen LogP contribution in [0.2, 0.25) is 0 Å². The van der Waals surface area contributed by atoms with E-state index in [2.05, 4.69) is 4.98 Å². The van der Waals surface area contributed by atoms with Gasteiger partial charge < -0.3 is 4.98 Å². The van der Waals surface area contributed by atoms with Crippen molar-refractivity contribution in [1.29, 1.82) is 0 Å². The average Bonchev–Trinajstić information content (AvgIpc) is 2.78. The Morgan fingerprint density at radius 1 is 0.645 bits per heavy atom. The number of aromatic nitrogens is 1. The summed E-state index contributed by atoms with van der Waals surface area (Å²) in [7, 11) is 0. The average molecular weight is 419 g/mol. The maximum Gasteiger partial charge on any atom is 0.416 e. The molecule has 0 atom stereocenters. The molecule has 4 aromatic rings. The summed E-state index contributed by atoms with van der Waals surface area (Å²) in [6.45, 7) is 1.72. The number of halogens is 3. The van der Waals surface area contributed by atoms with E-state index in [1.54, 1.807) is 19.2 Å². The van der Waals surface area contributed by atoms with Crippen LogP contribution in [0.4, 0.5) is 13.2 Å². The second kappa shape index (κ2) is 7.91. The van der Waals surface area contributed by atoms with E-state index < -0.39 is 17.2 Å². The Labute approximate surface area is 178 Å². The summed E-state index contributed by atoms with van der Waals surface area (Å²) in [5.41, 5.74) is 1.91. The summed E-state index contributed by atoms with van der Waals surface area (Å²) in [4.78, 5) is 14.9. The molecule has 156 valence electrons. The predicted octanol–water partition coefficient (Wildman–Crippen LogP) is 6.08. The lowest BCUT2D eigenvalue weighted by atomic mass is 9.65. The number of benzene rings is 3. The highest BCUT2D eigenvalue weighted by molar-refractivity contribution is 5.59. The molecule has 5 heteroatoms. The quantitative estimate of drug-likeness (QED) is 0.399. The monoisotopic (exact) mass is 419 g/mol. The summed E-state index contributed by atoms with van der Waals surface area (Å²) in [6.07, 6.45) is -2.78. The SMILES string of the molecule is Cc1cc(C(c2ccccc2)(c2ccccc2)c2ccc(C(F)(F)F)cc2)c[nH]c1=O. The van der Waals surface area contributed by atoms with Gasteiger partial charge in [-0.2, -0.15) is 13.2 Å². The molecule has 31 heavy (non-hydrogen) atoms. The van der Waals surface area contributed by atoms with Crippen molar-refractivity contribution < 1.29 is 13.2 Å². The van der Waals surface area contributed by atoms with Gasteiger partial charge in [-0.25, -0.2) is 0 Å². The Bertz CT molecular complexity index is 1190. The van der Waals surface area contributed by atoms with Gasteiger partial charge >= 0.3 is 6.18 Å². The first kappa shape index (κ1) is 20.7. The summed E-state index contributed by atoms with van der Waals surface area (Å²) in [5, 5.41) is 0. The first-order chi connectivity index (χ1) is 14.8. The van der Waals surface area contributed by atoms with Gasteiger partial charge in [-0.05, 0) is 47.4 Å². The van der Waals surface area contributed by atoms with Gasteiger partial charge in [0.2, 0.25) is 0 Å². The van der Waals surface area contributed by atoms with E-state index in [0.717, 1.165) is 28.8 Å². The van der Waals surface area contributed by atoms with Gasteiger partial charge in [-0.1, -0.05) is 72.8 Å². The van der Waals surface area contributed by atoms with Crippen molar-refractivity contribution in [3.05, 3.63) is 141 Å². The molecule has 3 aromatic carbocycles. The maximum atomic E-state index is 13.2. The molecule has 1 N–H and O–H groups in total. The second-order valence-electron chi connectivity index (χ2n) is 7.46. The van der Waals surface area contributed by atoms with Crippen LogP contribution in [0.1, 0.15) is 33.4 Å². The molecular weight excluding hydrogens is 399 g/mol. The molecule has 2 nitrogen and oxygen atoms in total. The number of hydrogen-bond donors (Lipinski definition) is 1. The largest absolute Gasteiger partial charge is 0.416 e. The second-order valence-corrected chi connectivity index (χ2v) is 7.46. The van der Waals surface area contributed by atoms with E-state index in [0.29, 0.717) is 11.1 Å². The number of pyridine rings is 1. The summed E-state index contributed by atoms with van der Waals surface area (Å²) in [5.74, 6) is 0. The fraction of sp³-hybridized carbons (Fsp3) is 0.115. The van der Waals surface area contributed by atoms with Crippen molar-refractivity contribution in [2.45, 2.75) is 18.5 Å². The lowest BCUT2D eigenvalue weighted by Crippen LogP contribution is -2.32. The van der Waals surface area contributed by atoms with Crippen LogP contribution in [0.25, 0.3) is 0 Å². The highest BCUT2D eigenvalue weighted by Crippen LogP contribution is 2.45. The zero-order chi connectivity index (χ0) is 22.1. The number of rotatable bonds is 4. The molecule has 1 heterocycles. The van der Waals surface area contributed by atoms with E-state index in [1.807, 2.05) is 60.7 Å². The zero-order valence-corrected chi connectivity index (χ0v) is 16.8. The third-order valence-electron chi connectivity index (χ3n) is 5.58. The maximum absolute atomic E-state index is 13.2. The van der Waals surface area contributed by atoms with E-state index in [1.165, 1.54) is 12.1 Å². The predicted molar refractivity (Wildman–Crippen MR) is 115 cm³/mol. The molecule has 0 aliphatic heterocycles. The Morgan fingerprint density at radius 2 is 1.10 bits per heavy atom. The number of nitrogens with one attached hydrogen (secondary N) is 1. The molecule has 0 bridgehead atoms. The van der Waals surface area contributed by atoms with Gasteiger partial charge in [-0.15, -0.1) is 0 Å². The van der Waals surface area contributed by atoms with Crippen molar-refractivity contribution >= 4 is 0 Å². The van der Waals surface area contributed by atoms with Crippen LogP contribution in [-0.2, 0) is 11.6 Å². The van der Waals surface area contributed by atoms with Crippen molar-refractivity contribution in [2.24, 2.45) is 0 Å². The van der Waals surface area contributed by atoms with Gasteiger partial charge in [0.05, 0.1) is 11.0 Å². The number of hydrogen-bond acceptors (Lipinski definition) is 1. The van der Waals surface area contributed by atoms with Gasteiger partial charge in [-0.3, -0.25) is 4.79 Å². The van der Waals surface area contributed by atoms with E-state index in [4.69, 9.17) is 0 Å². The minimum absolute atomic E-state index is 0.203. The molecule has 0 unspecified atom stereocenters. The Hall–Kier alpha value is -3.60. The third-order valence-corrected chi connectivity index (χ3v) is 5.58. The zero-order valence-electron chi connectivity index (χ0n) is 16.8.